The van der Waals surface area contributed by atoms with Gasteiger partial charge < -0.3 is 4.74 Å². The molecule has 2 rings (SSSR count). The van der Waals surface area contributed by atoms with E-state index in [9.17, 15) is 9.18 Å². The highest BCUT2D eigenvalue weighted by molar-refractivity contribution is 5.77. The van der Waals surface area contributed by atoms with Gasteiger partial charge in [0.05, 0.1) is 7.11 Å². The first-order chi connectivity index (χ1) is 8.72. The zero-order chi connectivity index (χ0) is 13.0. The van der Waals surface area contributed by atoms with Crippen molar-refractivity contribution in [2.75, 3.05) is 7.11 Å². The van der Waals surface area contributed by atoms with Crippen LogP contribution in [0.4, 0.5) is 4.39 Å². The van der Waals surface area contributed by atoms with Gasteiger partial charge in [0.15, 0.2) is 0 Å². The molecule has 0 amide bonds. The van der Waals surface area contributed by atoms with Gasteiger partial charge in [-0.15, -0.1) is 0 Å². The average Bonchev–Trinajstić information content (AvgIpc) is 2.39. The Hall–Kier alpha value is -2.16. The van der Waals surface area contributed by atoms with Gasteiger partial charge in [0.25, 0.3) is 0 Å². The number of aldehydes is 1. The fourth-order valence-corrected chi connectivity index (χ4v) is 1.84. The third-order valence-corrected chi connectivity index (χ3v) is 2.76. The van der Waals surface area contributed by atoms with E-state index in [-0.39, 0.29) is 5.82 Å². The minimum atomic E-state index is -0.335. The summed E-state index contributed by atoms with van der Waals surface area (Å²) >= 11 is 0. The van der Waals surface area contributed by atoms with Crippen molar-refractivity contribution in [2.24, 2.45) is 0 Å². The van der Waals surface area contributed by atoms with E-state index < -0.39 is 0 Å². The number of ether oxygens (including phenoxy) is 1. The Balaban J connectivity index is 2.32. The SMILES string of the molecule is COc1cccc(Cc2cc(F)ccc2C=O)c1. The lowest BCUT2D eigenvalue weighted by Gasteiger charge is -2.07. The summed E-state index contributed by atoms with van der Waals surface area (Å²) in [7, 11) is 1.60. The van der Waals surface area contributed by atoms with Crippen LogP contribution in [0.1, 0.15) is 21.5 Å². The Labute approximate surface area is 105 Å². The zero-order valence-electron chi connectivity index (χ0n) is 10.0. The number of rotatable bonds is 4. The first kappa shape index (κ1) is 12.3. The minimum absolute atomic E-state index is 0.335. The molecule has 2 aromatic carbocycles. The number of methoxy groups -OCH3 is 1. The summed E-state index contributed by atoms with van der Waals surface area (Å²) in [5, 5.41) is 0. The second kappa shape index (κ2) is 5.45. The first-order valence-electron chi connectivity index (χ1n) is 5.59. The second-order valence-electron chi connectivity index (χ2n) is 3.99. The van der Waals surface area contributed by atoms with Crippen molar-refractivity contribution in [1.82, 2.24) is 0 Å². The molecule has 18 heavy (non-hydrogen) atoms. The molecule has 0 aliphatic carbocycles. The summed E-state index contributed by atoms with van der Waals surface area (Å²) in [6, 6.07) is 11.7. The van der Waals surface area contributed by atoms with Crippen LogP contribution < -0.4 is 4.74 Å². The number of hydrogen-bond donors (Lipinski definition) is 0. The largest absolute Gasteiger partial charge is 0.497 e. The highest BCUT2D eigenvalue weighted by atomic mass is 19.1. The van der Waals surface area contributed by atoms with Gasteiger partial charge in [-0.25, -0.2) is 4.39 Å². The summed E-state index contributed by atoms with van der Waals surface area (Å²) in [6.07, 6.45) is 1.25. The number of hydrogen-bond acceptors (Lipinski definition) is 2. The van der Waals surface area contributed by atoms with E-state index in [1.165, 1.54) is 18.2 Å². The van der Waals surface area contributed by atoms with Crippen molar-refractivity contribution in [2.45, 2.75) is 6.42 Å². The fraction of sp³-hybridized carbons (Fsp3) is 0.133. The summed E-state index contributed by atoms with van der Waals surface area (Å²) in [4.78, 5) is 10.9. The van der Waals surface area contributed by atoms with Crippen LogP contribution in [-0.2, 0) is 6.42 Å². The maximum absolute atomic E-state index is 13.2. The quantitative estimate of drug-likeness (QED) is 0.772. The normalized spacial score (nSPS) is 10.1. The van der Waals surface area contributed by atoms with Gasteiger partial charge in [-0.3, -0.25) is 4.79 Å². The molecule has 2 nitrogen and oxygen atoms in total. The van der Waals surface area contributed by atoms with E-state index in [2.05, 4.69) is 0 Å². The van der Waals surface area contributed by atoms with Gasteiger partial charge in [-0.05, 0) is 47.9 Å². The van der Waals surface area contributed by atoms with Gasteiger partial charge in [0.1, 0.15) is 17.9 Å². The molecular formula is C15H13FO2. The van der Waals surface area contributed by atoms with Crippen LogP contribution in [0, 0.1) is 5.82 Å². The maximum Gasteiger partial charge on any atom is 0.150 e. The monoisotopic (exact) mass is 244 g/mol. The molecule has 0 radical (unpaired) electrons. The summed E-state index contributed by atoms with van der Waals surface area (Å²) in [5.74, 6) is 0.412. The number of carbonyl (C=O) groups excluding carboxylic acids is 1. The zero-order valence-corrected chi connectivity index (χ0v) is 10.0. The highest BCUT2D eigenvalue weighted by Gasteiger charge is 2.05. The molecule has 0 unspecified atom stereocenters. The Bertz CT molecular complexity index is 564. The van der Waals surface area contributed by atoms with Gasteiger partial charge in [0, 0.05) is 5.56 Å². The molecule has 0 fully saturated rings. The lowest BCUT2D eigenvalue weighted by Crippen LogP contribution is -1.96. The summed E-state index contributed by atoms with van der Waals surface area (Å²) in [6.45, 7) is 0. The molecule has 3 heteroatoms. The van der Waals surface area contributed by atoms with Crippen LogP contribution in [0.25, 0.3) is 0 Å². The van der Waals surface area contributed by atoms with Crippen LogP contribution in [0.15, 0.2) is 42.5 Å². The van der Waals surface area contributed by atoms with Gasteiger partial charge in [-0.1, -0.05) is 12.1 Å². The molecular weight excluding hydrogens is 231 g/mol. The Morgan fingerprint density at radius 1 is 1.22 bits per heavy atom. The van der Waals surface area contributed by atoms with E-state index in [0.717, 1.165) is 17.6 Å². The Morgan fingerprint density at radius 2 is 2.06 bits per heavy atom. The topological polar surface area (TPSA) is 26.3 Å². The molecule has 0 bridgehead atoms. The van der Waals surface area contributed by atoms with Crippen molar-refractivity contribution >= 4 is 6.29 Å². The van der Waals surface area contributed by atoms with Gasteiger partial charge >= 0.3 is 0 Å². The minimum Gasteiger partial charge on any atom is -0.497 e. The predicted molar refractivity (Wildman–Crippen MR) is 67.6 cm³/mol. The van der Waals surface area contributed by atoms with Crippen molar-refractivity contribution in [3.63, 3.8) is 0 Å². The van der Waals surface area contributed by atoms with Gasteiger partial charge in [-0.2, -0.15) is 0 Å². The summed E-state index contributed by atoms with van der Waals surface area (Å²) < 4.78 is 18.3. The third-order valence-electron chi connectivity index (χ3n) is 2.76. The molecule has 0 aliphatic rings. The van der Waals surface area contributed by atoms with E-state index in [4.69, 9.17) is 4.74 Å². The van der Waals surface area contributed by atoms with Crippen molar-refractivity contribution in [1.29, 1.82) is 0 Å². The predicted octanol–water partition coefficient (Wildman–Crippen LogP) is 3.24. The fourth-order valence-electron chi connectivity index (χ4n) is 1.84. The molecule has 0 aliphatic heterocycles. The number of benzene rings is 2. The lowest BCUT2D eigenvalue weighted by molar-refractivity contribution is 0.112. The van der Waals surface area contributed by atoms with Crippen LogP contribution >= 0.6 is 0 Å². The average molecular weight is 244 g/mol. The molecule has 92 valence electrons. The van der Waals surface area contributed by atoms with Crippen molar-refractivity contribution in [3.05, 3.63) is 65.0 Å². The lowest BCUT2D eigenvalue weighted by atomic mass is 10.00. The molecule has 0 heterocycles. The Kier molecular flexibility index (Phi) is 3.72. The molecule has 0 aromatic heterocycles. The molecule has 0 saturated carbocycles. The molecule has 0 spiro atoms. The van der Waals surface area contributed by atoms with Crippen LogP contribution in [0.2, 0.25) is 0 Å². The molecule has 0 atom stereocenters. The molecule has 2 aromatic rings. The van der Waals surface area contributed by atoms with Crippen molar-refractivity contribution < 1.29 is 13.9 Å². The number of carbonyl (C=O) groups is 1. The van der Waals surface area contributed by atoms with Crippen LogP contribution in [-0.4, -0.2) is 13.4 Å². The van der Waals surface area contributed by atoms with E-state index >= 15 is 0 Å². The van der Waals surface area contributed by atoms with E-state index in [1.807, 2.05) is 24.3 Å². The summed E-state index contributed by atoms with van der Waals surface area (Å²) in [5.41, 5.74) is 2.17. The third kappa shape index (κ3) is 2.74. The Morgan fingerprint density at radius 3 is 2.78 bits per heavy atom. The van der Waals surface area contributed by atoms with Gasteiger partial charge in [0.2, 0.25) is 0 Å². The maximum atomic E-state index is 13.2. The number of halogens is 1. The van der Waals surface area contributed by atoms with Crippen LogP contribution in [0.5, 0.6) is 5.75 Å². The first-order valence-corrected chi connectivity index (χ1v) is 5.59. The second-order valence-corrected chi connectivity index (χ2v) is 3.99. The smallest absolute Gasteiger partial charge is 0.150 e. The highest BCUT2D eigenvalue weighted by Crippen LogP contribution is 2.18. The van der Waals surface area contributed by atoms with E-state index in [1.54, 1.807) is 7.11 Å². The van der Waals surface area contributed by atoms with E-state index in [0.29, 0.717) is 17.5 Å². The van der Waals surface area contributed by atoms with Crippen LogP contribution in [0.3, 0.4) is 0 Å². The molecule has 0 N–H and O–H groups in total. The standard InChI is InChI=1S/C15H13FO2/c1-18-15-4-2-3-11(8-15)7-13-9-14(16)6-5-12(13)10-17/h2-6,8-10H,7H2,1H3. The van der Waals surface area contributed by atoms with Crippen molar-refractivity contribution in [3.8, 4) is 5.75 Å². The molecule has 0 saturated heterocycles.